The predicted octanol–water partition coefficient (Wildman–Crippen LogP) is 1.24. The third kappa shape index (κ3) is 3.92. The molecule has 1 aliphatic rings. The second kappa shape index (κ2) is 6.18. The van der Waals surface area contributed by atoms with Gasteiger partial charge in [0.15, 0.2) is 0 Å². The Morgan fingerprint density at radius 1 is 1.36 bits per heavy atom. The molecule has 3 N–H and O–H groups in total. The first-order valence-electron chi connectivity index (χ1n) is 7.42. The van der Waals surface area contributed by atoms with E-state index in [-0.39, 0.29) is 6.09 Å². The fourth-order valence-electron chi connectivity index (χ4n) is 2.50. The quantitative estimate of drug-likeness (QED) is 0.852. The molecule has 0 aliphatic carbocycles. The molecular weight excluding hydrogens is 284 g/mol. The average molecular weight is 308 g/mol. The molecule has 0 radical (unpaired) electrons. The minimum absolute atomic E-state index is 0.355. The summed E-state index contributed by atoms with van der Waals surface area (Å²) >= 11 is 0. The van der Waals surface area contributed by atoms with Gasteiger partial charge in [-0.15, -0.1) is 0 Å². The summed E-state index contributed by atoms with van der Waals surface area (Å²) in [5.74, 6) is 0. The summed E-state index contributed by atoms with van der Waals surface area (Å²) in [6.07, 6.45) is 5.06. The molecule has 1 aromatic rings. The van der Waals surface area contributed by atoms with E-state index in [1.165, 1.54) is 6.33 Å². The minimum atomic E-state index is -1.07. The topological polar surface area (TPSA) is 102 Å². The Hall–Kier alpha value is -1.73. The Kier molecular flexibility index (Phi) is 4.67. The molecule has 0 aromatic carbocycles. The van der Waals surface area contributed by atoms with Crippen LogP contribution in [0.3, 0.4) is 0 Å². The summed E-state index contributed by atoms with van der Waals surface area (Å²) in [4.78, 5) is 21.5. The van der Waals surface area contributed by atoms with Crippen LogP contribution in [-0.4, -0.2) is 50.4 Å². The van der Waals surface area contributed by atoms with Crippen molar-refractivity contribution in [1.29, 1.82) is 0 Å². The van der Waals surface area contributed by atoms with Crippen LogP contribution in [0, 0.1) is 0 Å². The van der Waals surface area contributed by atoms with Gasteiger partial charge in [0.25, 0.3) is 0 Å². The molecule has 0 bridgehead atoms. The van der Waals surface area contributed by atoms with Gasteiger partial charge in [-0.1, -0.05) is 0 Å². The highest BCUT2D eigenvalue weighted by molar-refractivity contribution is 5.68. The maximum Gasteiger partial charge on any atom is 0.410 e. The number of hydrogen-bond acceptors (Lipinski definition) is 6. The molecule has 7 heteroatoms. The van der Waals surface area contributed by atoms with E-state index in [0.29, 0.717) is 31.5 Å². The molecule has 1 fully saturated rings. The first-order chi connectivity index (χ1) is 10.2. The predicted molar refractivity (Wildman–Crippen MR) is 81.0 cm³/mol. The number of aromatic nitrogens is 2. The Bertz CT molecular complexity index is 507. The number of nitrogens with two attached hydrogens (primary N) is 1. The SMILES string of the molecule is CC(C)(C)OC(=O)N1CCC(O)(C(N)c2cncnc2)CC1. The van der Waals surface area contributed by atoms with Gasteiger partial charge in [-0.25, -0.2) is 14.8 Å². The fourth-order valence-corrected chi connectivity index (χ4v) is 2.50. The van der Waals surface area contributed by atoms with Crippen LogP contribution in [0.2, 0.25) is 0 Å². The van der Waals surface area contributed by atoms with Crippen molar-refractivity contribution in [3.63, 3.8) is 0 Å². The van der Waals surface area contributed by atoms with Gasteiger partial charge < -0.3 is 20.5 Å². The molecule has 122 valence electrons. The molecule has 7 nitrogen and oxygen atoms in total. The number of nitrogens with zero attached hydrogens (tertiary/aromatic N) is 3. The van der Waals surface area contributed by atoms with E-state index in [0.717, 1.165) is 0 Å². The van der Waals surface area contributed by atoms with Crippen LogP contribution in [0.5, 0.6) is 0 Å². The van der Waals surface area contributed by atoms with Crippen LogP contribution >= 0.6 is 0 Å². The number of hydrogen-bond donors (Lipinski definition) is 2. The zero-order chi connectivity index (χ0) is 16.4. The lowest BCUT2D eigenvalue weighted by molar-refractivity contribution is -0.0477. The zero-order valence-electron chi connectivity index (χ0n) is 13.3. The molecule has 2 heterocycles. The third-order valence-electron chi connectivity index (χ3n) is 3.80. The van der Waals surface area contributed by atoms with Gasteiger partial charge >= 0.3 is 6.09 Å². The van der Waals surface area contributed by atoms with Crippen molar-refractivity contribution < 1.29 is 14.6 Å². The van der Waals surface area contributed by atoms with E-state index in [4.69, 9.17) is 10.5 Å². The summed E-state index contributed by atoms with van der Waals surface area (Å²) in [6, 6.07) is -0.575. The number of rotatable bonds is 2. The lowest BCUT2D eigenvalue weighted by Crippen LogP contribution is -2.52. The van der Waals surface area contributed by atoms with Crippen molar-refractivity contribution in [2.45, 2.75) is 50.9 Å². The molecule has 1 unspecified atom stereocenters. The van der Waals surface area contributed by atoms with Gasteiger partial charge in [0.2, 0.25) is 0 Å². The first kappa shape index (κ1) is 16.6. The summed E-state index contributed by atoms with van der Waals surface area (Å²) in [5.41, 5.74) is 5.26. The van der Waals surface area contributed by atoms with E-state index in [1.54, 1.807) is 17.3 Å². The van der Waals surface area contributed by atoms with Crippen molar-refractivity contribution in [2.24, 2.45) is 5.73 Å². The highest BCUT2D eigenvalue weighted by Crippen LogP contribution is 2.33. The van der Waals surface area contributed by atoms with Crippen LogP contribution in [0.1, 0.15) is 45.2 Å². The van der Waals surface area contributed by atoms with E-state index >= 15 is 0 Å². The van der Waals surface area contributed by atoms with E-state index < -0.39 is 17.2 Å². The van der Waals surface area contributed by atoms with E-state index in [1.807, 2.05) is 20.8 Å². The average Bonchev–Trinajstić information content (AvgIpc) is 2.46. The Labute approximate surface area is 130 Å². The Balaban J connectivity index is 1.97. The number of amides is 1. The molecule has 1 atom stereocenters. The largest absolute Gasteiger partial charge is 0.444 e. The molecule has 1 aromatic heterocycles. The van der Waals surface area contributed by atoms with Crippen LogP contribution in [-0.2, 0) is 4.74 Å². The van der Waals surface area contributed by atoms with Crippen LogP contribution < -0.4 is 5.73 Å². The molecule has 0 saturated carbocycles. The number of piperidine rings is 1. The second-order valence-electron chi connectivity index (χ2n) is 6.72. The maximum atomic E-state index is 12.0. The third-order valence-corrected chi connectivity index (χ3v) is 3.80. The highest BCUT2D eigenvalue weighted by Gasteiger charge is 2.40. The molecular formula is C15H24N4O3. The zero-order valence-corrected chi connectivity index (χ0v) is 13.3. The first-order valence-corrected chi connectivity index (χ1v) is 7.42. The van der Waals surface area contributed by atoms with E-state index in [2.05, 4.69) is 9.97 Å². The van der Waals surface area contributed by atoms with Crippen molar-refractivity contribution in [3.8, 4) is 0 Å². The van der Waals surface area contributed by atoms with Gasteiger partial charge in [-0.3, -0.25) is 0 Å². The molecule has 22 heavy (non-hydrogen) atoms. The highest BCUT2D eigenvalue weighted by atomic mass is 16.6. The van der Waals surface area contributed by atoms with E-state index in [9.17, 15) is 9.90 Å². The molecule has 1 amide bonds. The summed E-state index contributed by atoms with van der Waals surface area (Å²) < 4.78 is 5.34. The Morgan fingerprint density at radius 2 is 1.91 bits per heavy atom. The van der Waals surface area contributed by atoms with Crippen molar-refractivity contribution in [3.05, 3.63) is 24.3 Å². The van der Waals surface area contributed by atoms with Crippen molar-refractivity contribution in [2.75, 3.05) is 13.1 Å². The number of carbonyl (C=O) groups excluding carboxylic acids is 1. The van der Waals surface area contributed by atoms with Gasteiger partial charge in [-0.05, 0) is 33.6 Å². The van der Waals surface area contributed by atoms with Gasteiger partial charge in [0.1, 0.15) is 11.9 Å². The number of likely N-dealkylation sites (tertiary alicyclic amines) is 1. The maximum absolute atomic E-state index is 12.0. The summed E-state index contributed by atoms with van der Waals surface area (Å²) in [6.45, 7) is 6.31. The van der Waals surface area contributed by atoms with Gasteiger partial charge in [0, 0.05) is 31.0 Å². The van der Waals surface area contributed by atoms with Crippen molar-refractivity contribution >= 4 is 6.09 Å². The number of ether oxygens (including phenoxy) is 1. The van der Waals surface area contributed by atoms with Crippen molar-refractivity contribution in [1.82, 2.24) is 14.9 Å². The second-order valence-corrected chi connectivity index (χ2v) is 6.72. The standard InChI is InChI=1S/C15H24N4O3/c1-14(2,3)22-13(20)19-6-4-15(21,5-7-19)12(16)11-8-17-10-18-9-11/h8-10,12,21H,4-7,16H2,1-3H3. The van der Waals surface area contributed by atoms with Gasteiger partial charge in [-0.2, -0.15) is 0 Å². The van der Waals surface area contributed by atoms with Crippen LogP contribution in [0.15, 0.2) is 18.7 Å². The number of carbonyl (C=O) groups is 1. The Morgan fingerprint density at radius 3 is 2.41 bits per heavy atom. The lowest BCUT2D eigenvalue weighted by atomic mass is 9.82. The summed E-state index contributed by atoms with van der Waals surface area (Å²) in [5, 5.41) is 10.8. The number of aliphatic hydroxyl groups is 1. The normalized spacial score (nSPS) is 19.6. The lowest BCUT2D eigenvalue weighted by Gasteiger charge is -2.41. The molecule has 0 spiro atoms. The summed E-state index contributed by atoms with van der Waals surface area (Å²) in [7, 11) is 0. The molecule has 1 aliphatic heterocycles. The molecule has 2 rings (SSSR count). The molecule has 1 saturated heterocycles. The minimum Gasteiger partial charge on any atom is -0.444 e. The smallest absolute Gasteiger partial charge is 0.410 e. The fraction of sp³-hybridized carbons (Fsp3) is 0.667. The van der Waals surface area contributed by atoms with Crippen LogP contribution in [0.25, 0.3) is 0 Å². The monoisotopic (exact) mass is 308 g/mol. The van der Waals surface area contributed by atoms with Crippen LogP contribution in [0.4, 0.5) is 4.79 Å². The van der Waals surface area contributed by atoms with Gasteiger partial charge in [0.05, 0.1) is 11.6 Å².